The van der Waals surface area contributed by atoms with Crippen molar-refractivity contribution in [2.24, 2.45) is 0 Å². The number of carbonyl (C=O) groups is 2. The molecule has 0 spiro atoms. The summed E-state index contributed by atoms with van der Waals surface area (Å²) < 4.78 is 0. The van der Waals surface area contributed by atoms with Crippen LogP contribution >= 0.6 is 0 Å². The number of nitrogens with one attached hydrogen (secondary N) is 1. The molecule has 22 heavy (non-hydrogen) atoms. The fraction of sp³-hybridized carbons (Fsp3) is 0.0714. The van der Waals surface area contributed by atoms with Crippen molar-refractivity contribution in [2.45, 2.75) is 6.92 Å². The molecule has 0 radical (unpaired) electrons. The van der Waals surface area contributed by atoms with Gasteiger partial charge in [0.15, 0.2) is 12.4 Å². The first-order valence-corrected chi connectivity index (χ1v) is 5.99. The van der Waals surface area contributed by atoms with Gasteiger partial charge < -0.3 is 15.0 Å². The number of carboxylic acids is 2. The Morgan fingerprint density at radius 3 is 2.14 bits per heavy atom. The van der Waals surface area contributed by atoms with E-state index < -0.39 is 33.7 Å². The van der Waals surface area contributed by atoms with Crippen LogP contribution in [0.5, 0.6) is 0 Å². The van der Waals surface area contributed by atoms with Crippen molar-refractivity contribution in [2.75, 3.05) is 0 Å². The molecule has 0 saturated heterocycles. The molecule has 1 heterocycles. The lowest BCUT2D eigenvalue weighted by Crippen LogP contribution is -2.25. The van der Waals surface area contributed by atoms with Gasteiger partial charge in [-0.05, 0) is 12.5 Å². The SMILES string of the molecule is Cc1cc[nH+]cc1.O=C([O-])c1cccc([N+](=O)[O-])c1C(=O)O. The van der Waals surface area contributed by atoms with E-state index in [1.165, 1.54) is 5.56 Å². The summed E-state index contributed by atoms with van der Waals surface area (Å²) in [5.74, 6) is -3.45. The van der Waals surface area contributed by atoms with Crippen LogP contribution < -0.4 is 10.1 Å². The van der Waals surface area contributed by atoms with Crippen LogP contribution in [0.25, 0.3) is 0 Å². The zero-order valence-corrected chi connectivity index (χ0v) is 11.5. The van der Waals surface area contributed by atoms with Crippen molar-refractivity contribution in [3.8, 4) is 0 Å². The lowest BCUT2D eigenvalue weighted by atomic mass is 10.1. The number of H-pyrrole nitrogens is 1. The highest BCUT2D eigenvalue weighted by atomic mass is 16.6. The Hall–Kier alpha value is -3.29. The van der Waals surface area contributed by atoms with Gasteiger partial charge in [0.25, 0.3) is 5.69 Å². The van der Waals surface area contributed by atoms with Gasteiger partial charge in [0, 0.05) is 23.8 Å². The van der Waals surface area contributed by atoms with Crippen LogP contribution in [0.15, 0.2) is 42.7 Å². The normalized spacial score (nSPS) is 9.32. The summed E-state index contributed by atoms with van der Waals surface area (Å²) in [6, 6.07) is 6.98. The molecule has 0 unspecified atom stereocenters. The van der Waals surface area contributed by atoms with Crippen LogP contribution in [-0.4, -0.2) is 22.0 Å². The number of aromatic amines is 1. The van der Waals surface area contributed by atoms with E-state index in [0.29, 0.717) is 0 Å². The second kappa shape index (κ2) is 7.48. The van der Waals surface area contributed by atoms with Gasteiger partial charge in [-0.15, -0.1) is 0 Å². The molecule has 114 valence electrons. The van der Waals surface area contributed by atoms with E-state index in [4.69, 9.17) is 5.11 Å². The molecule has 0 bridgehead atoms. The summed E-state index contributed by atoms with van der Waals surface area (Å²) in [4.78, 5) is 33.6. The molecule has 0 saturated carbocycles. The highest BCUT2D eigenvalue weighted by Crippen LogP contribution is 2.21. The summed E-state index contributed by atoms with van der Waals surface area (Å²) in [6.07, 6.45) is 3.82. The summed E-state index contributed by atoms with van der Waals surface area (Å²) in [7, 11) is 0. The monoisotopic (exact) mass is 304 g/mol. The topological polar surface area (TPSA) is 135 Å². The number of nitro benzene ring substituents is 1. The van der Waals surface area contributed by atoms with Gasteiger partial charge in [0.2, 0.25) is 0 Å². The van der Waals surface area contributed by atoms with Gasteiger partial charge in [-0.1, -0.05) is 12.1 Å². The minimum absolute atomic E-state index is 0.711. The largest absolute Gasteiger partial charge is 0.545 e. The minimum Gasteiger partial charge on any atom is -0.545 e. The molecular weight excluding hydrogens is 292 g/mol. The van der Waals surface area contributed by atoms with E-state index in [1.54, 1.807) is 0 Å². The van der Waals surface area contributed by atoms with E-state index in [-0.39, 0.29) is 0 Å². The average Bonchev–Trinajstić information content (AvgIpc) is 2.47. The average molecular weight is 304 g/mol. The fourth-order valence-corrected chi connectivity index (χ4v) is 1.56. The number of nitro groups is 1. The smallest absolute Gasteiger partial charge is 0.343 e. The van der Waals surface area contributed by atoms with Crippen LogP contribution in [0, 0.1) is 17.0 Å². The molecule has 0 amide bonds. The molecular formula is C14H12N2O6. The Morgan fingerprint density at radius 1 is 1.18 bits per heavy atom. The first-order valence-electron chi connectivity index (χ1n) is 5.99. The molecule has 8 nitrogen and oxygen atoms in total. The van der Waals surface area contributed by atoms with Crippen molar-refractivity contribution >= 4 is 17.6 Å². The maximum atomic E-state index is 10.7. The number of hydrogen-bond donors (Lipinski definition) is 1. The number of rotatable bonds is 3. The Balaban J connectivity index is 0.000000287. The lowest BCUT2D eigenvalue weighted by Gasteiger charge is -2.06. The summed E-state index contributed by atoms with van der Waals surface area (Å²) >= 11 is 0. The number of carboxylic acid groups (broad SMARTS) is 2. The van der Waals surface area contributed by atoms with Crippen LogP contribution in [0.1, 0.15) is 26.3 Å². The third-order valence-corrected chi connectivity index (χ3v) is 2.56. The third kappa shape index (κ3) is 4.37. The second-order valence-corrected chi connectivity index (χ2v) is 4.13. The molecule has 1 aromatic carbocycles. The zero-order valence-electron chi connectivity index (χ0n) is 11.5. The maximum absolute atomic E-state index is 10.7. The second-order valence-electron chi connectivity index (χ2n) is 4.13. The molecule has 0 aliphatic carbocycles. The van der Waals surface area contributed by atoms with Crippen molar-refractivity contribution in [1.29, 1.82) is 0 Å². The van der Waals surface area contributed by atoms with Gasteiger partial charge in [-0.25, -0.2) is 9.78 Å². The van der Waals surface area contributed by atoms with Crippen LogP contribution in [0.3, 0.4) is 0 Å². The molecule has 0 aliphatic heterocycles. The minimum atomic E-state index is -1.77. The molecule has 2 N–H and O–H groups in total. The number of aromatic nitrogens is 1. The fourth-order valence-electron chi connectivity index (χ4n) is 1.56. The number of carbonyl (C=O) groups excluding carboxylic acids is 1. The molecule has 2 aromatic rings. The number of hydrogen-bond acceptors (Lipinski definition) is 5. The van der Waals surface area contributed by atoms with E-state index in [9.17, 15) is 24.8 Å². The number of aromatic carboxylic acids is 2. The van der Waals surface area contributed by atoms with Gasteiger partial charge in [-0.2, -0.15) is 0 Å². The molecule has 8 heteroatoms. The standard InChI is InChI=1S/C8H5NO6.C6H7N/c10-7(11)4-2-1-3-5(9(14)15)6(4)8(12)13;1-6-2-4-7-5-3-6/h1-3H,(H,10,11)(H,12,13);2-5H,1H3. The molecule has 0 atom stereocenters. The Morgan fingerprint density at radius 2 is 1.77 bits per heavy atom. The predicted molar refractivity (Wildman–Crippen MR) is 72.1 cm³/mol. The van der Waals surface area contributed by atoms with Crippen LogP contribution in [0.2, 0.25) is 0 Å². The van der Waals surface area contributed by atoms with Crippen LogP contribution in [-0.2, 0) is 0 Å². The Bertz CT molecular complexity index is 667. The van der Waals surface area contributed by atoms with Crippen molar-refractivity contribution in [3.05, 3.63) is 69.5 Å². The van der Waals surface area contributed by atoms with Gasteiger partial charge >= 0.3 is 5.97 Å². The van der Waals surface area contributed by atoms with Crippen molar-refractivity contribution < 1.29 is 29.7 Å². The first-order chi connectivity index (χ1) is 10.3. The van der Waals surface area contributed by atoms with Crippen LogP contribution in [0.4, 0.5) is 5.69 Å². The maximum Gasteiger partial charge on any atom is 0.343 e. The summed E-state index contributed by atoms with van der Waals surface area (Å²) in [5, 5.41) is 29.6. The summed E-state index contributed by atoms with van der Waals surface area (Å²) in [5.41, 5.74) is -1.07. The molecule has 1 aromatic heterocycles. The Labute approximate surface area is 124 Å². The number of nitrogens with zero attached hydrogens (tertiary/aromatic N) is 1. The molecule has 0 fully saturated rings. The number of aryl methyl sites for hydroxylation is 1. The van der Waals surface area contributed by atoms with Crippen molar-refractivity contribution in [3.63, 3.8) is 0 Å². The van der Waals surface area contributed by atoms with E-state index in [0.717, 1.165) is 18.2 Å². The van der Waals surface area contributed by atoms with E-state index >= 15 is 0 Å². The first kappa shape index (κ1) is 16.8. The quantitative estimate of drug-likeness (QED) is 0.646. The molecule has 2 rings (SSSR count). The Kier molecular flexibility index (Phi) is 5.70. The third-order valence-electron chi connectivity index (χ3n) is 2.56. The summed E-state index contributed by atoms with van der Waals surface area (Å²) in [6.45, 7) is 2.06. The number of pyridine rings is 1. The predicted octanol–water partition coefficient (Wildman–Crippen LogP) is 0.466. The van der Waals surface area contributed by atoms with Gasteiger partial charge in [0.1, 0.15) is 5.56 Å². The lowest BCUT2D eigenvalue weighted by molar-refractivity contribution is -0.385. The highest BCUT2D eigenvalue weighted by molar-refractivity contribution is 6.03. The highest BCUT2D eigenvalue weighted by Gasteiger charge is 2.23. The van der Waals surface area contributed by atoms with E-state index in [2.05, 4.69) is 11.9 Å². The van der Waals surface area contributed by atoms with Crippen molar-refractivity contribution in [1.82, 2.24) is 0 Å². The number of benzene rings is 1. The zero-order chi connectivity index (χ0) is 16.7. The molecule has 0 aliphatic rings. The van der Waals surface area contributed by atoms with Gasteiger partial charge in [0.05, 0.1) is 10.9 Å². The van der Waals surface area contributed by atoms with E-state index in [1.807, 2.05) is 24.5 Å². The van der Waals surface area contributed by atoms with Gasteiger partial charge in [-0.3, -0.25) is 10.1 Å².